The number of nitro groups is 1. The minimum absolute atomic E-state index is 0.00126. The number of hydrogen-bond acceptors (Lipinski definition) is 11. The van der Waals surface area contributed by atoms with Gasteiger partial charge in [0.15, 0.2) is 11.5 Å². The van der Waals surface area contributed by atoms with E-state index in [2.05, 4.69) is 25.2 Å². The van der Waals surface area contributed by atoms with Crippen molar-refractivity contribution in [2.75, 3.05) is 14.2 Å². The summed E-state index contributed by atoms with van der Waals surface area (Å²) in [5, 5.41) is 24.9. The highest BCUT2D eigenvalue weighted by molar-refractivity contribution is 7.89. The van der Waals surface area contributed by atoms with Crippen molar-refractivity contribution in [3.05, 3.63) is 189 Å². The second-order valence-electron chi connectivity index (χ2n) is 14.2. The molecule has 8 rings (SSSR count). The van der Waals surface area contributed by atoms with Crippen LogP contribution in [0.25, 0.3) is 33.8 Å². The average molecular weight is 834 g/mol. The van der Waals surface area contributed by atoms with Gasteiger partial charge in [-0.3, -0.25) is 15.1 Å². The number of benzene rings is 5. The van der Waals surface area contributed by atoms with Gasteiger partial charge in [0.2, 0.25) is 10.0 Å². The molecule has 0 saturated carbocycles. The molecule has 5 aromatic carbocycles. The zero-order valence-corrected chi connectivity index (χ0v) is 34.3. The quantitative estimate of drug-likeness (QED) is 0.0631. The number of pyridine rings is 1. The third-order valence-corrected chi connectivity index (χ3v) is 12.0. The van der Waals surface area contributed by atoms with Crippen LogP contribution in [0.3, 0.4) is 0 Å². The SMILES string of the molecule is COc1ccccc1C(NS(=O)(=O)c1ccc(-c2c(-c3ccccc3)noc2-c2cn(Cc3ncc(C)c([N+](=O)[O-])c3C)nn2)cc1)(c1ccccc1)c1ccccc1OC. The van der Waals surface area contributed by atoms with Crippen molar-refractivity contribution >= 4 is 15.7 Å². The van der Waals surface area contributed by atoms with Crippen molar-refractivity contribution in [1.82, 2.24) is 29.9 Å². The molecule has 0 amide bonds. The summed E-state index contributed by atoms with van der Waals surface area (Å²) in [6.45, 7) is 3.42. The normalized spacial score (nSPS) is 11.7. The first-order valence-corrected chi connectivity index (χ1v) is 20.6. The van der Waals surface area contributed by atoms with Gasteiger partial charge in [0, 0.05) is 28.5 Å². The first-order chi connectivity index (χ1) is 29.6. The maximum atomic E-state index is 14.9. The van der Waals surface area contributed by atoms with Gasteiger partial charge < -0.3 is 14.0 Å². The van der Waals surface area contributed by atoms with Crippen molar-refractivity contribution < 1.29 is 27.3 Å². The summed E-state index contributed by atoms with van der Waals surface area (Å²) in [6, 6.07) is 39.7. The molecule has 61 heavy (non-hydrogen) atoms. The van der Waals surface area contributed by atoms with Crippen molar-refractivity contribution in [2.45, 2.75) is 30.8 Å². The Labute approximate surface area is 351 Å². The molecule has 8 aromatic rings. The van der Waals surface area contributed by atoms with Crippen LogP contribution in [0, 0.1) is 24.0 Å². The van der Waals surface area contributed by atoms with Gasteiger partial charge in [-0.1, -0.05) is 120 Å². The Hall–Kier alpha value is -7.49. The van der Waals surface area contributed by atoms with E-state index in [-0.39, 0.29) is 22.9 Å². The second kappa shape index (κ2) is 16.6. The number of nitrogens with zero attached hydrogens (tertiary/aromatic N) is 6. The summed E-state index contributed by atoms with van der Waals surface area (Å²) in [6.07, 6.45) is 3.12. The Balaban J connectivity index is 1.22. The molecule has 0 aliphatic rings. The number of nitrogens with one attached hydrogen (secondary N) is 1. The van der Waals surface area contributed by atoms with Gasteiger partial charge in [-0.25, -0.2) is 13.1 Å². The largest absolute Gasteiger partial charge is 0.496 e. The van der Waals surface area contributed by atoms with Crippen molar-refractivity contribution in [2.24, 2.45) is 0 Å². The zero-order chi connectivity index (χ0) is 42.7. The zero-order valence-electron chi connectivity index (χ0n) is 33.5. The lowest BCUT2D eigenvalue weighted by Crippen LogP contribution is -2.48. The number of ether oxygens (including phenoxy) is 2. The van der Waals surface area contributed by atoms with Crippen LogP contribution in [-0.2, 0) is 22.1 Å². The van der Waals surface area contributed by atoms with Gasteiger partial charge in [-0.2, -0.15) is 4.72 Å². The highest BCUT2D eigenvalue weighted by Crippen LogP contribution is 2.46. The summed E-state index contributed by atoms with van der Waals surface area (Å²) in [7, 11) is -1.25. The molecule has 15 heteroatoms. The number of aryl methyl sites for hydroxylation is 1. The minimum atomic E-state index is -4.34. The van der Waals surface area contributed by atoms with E-state index in [1.165, 1.54) is 23.0 Å². The van der Waals surface area contributed by atoms with Gasteiger partial charge in [0.25, 0.3) is 5.69 Å². The van der Waals surface area contributed by atoms with E-state index in [4.69, 9.17) is 14.0 Å². The van der Waals surface area contributed by atoms with Gasteiger partial charge in [-0.05, 0) is 49.2 Å². The fourth-order valence-electron chi connectivity index (χ4n) is 7.65. The summed E-state index contributed by atoms with van der Waals surface area (Å²) in [4.78, 5) is 15.8. The standard InChI is InChI=1S/C46H39N7O7S/c1-30-27-47-38(31(2)44(30)53(54)55)28-52-29-39(48-51-52)45-42(43(49-60-45)33-15-7-5-8-16-33)32-23-25-35(26-24-32)61(56,57)50-46(34-17-9-6-10-18-34,36-19-11-13-21-40(36)58-3)37-20-12-14-22-41(37)59-4/h5-27,29,50H,28H2,1-4H3. The van der Waals surface area contributed by atoms with Crippen LogP contribution in [0.2, 0.25) is 0 Å². The highest BCUT2D eigenvalue weighted by atomic mass is 32.2. The topological polar surface area (TPSA) is 177 Å². The molecule has 306 valence electrons. The first kappa shape index (κ1) is 40.3. The van der Waals surface area contributed by atoms with Gasteiger partial charge in [0.1, 0.15) is 22.7 Å². The van der Waals surface area contributed by atoms with Gasteiger partial charge >= 0.3 is 0 Å². The molecule has 0 atom stereocenters. The summed E-state index contributed by atoms with van der Waals surface area (Å²) < 4.78 is 52.1. The number of rotatable bonds is 14. The maximum absolute atomic E-state index is 14.9. The van der Waals surface area contributed by atoms with Crippen LogP contribution in [-0.4, -0.2) is 52.7 Å². The van der Waals surface area contributed by atoms with E-state index in [0.717, 1.165) is 5.56 Å². The Kier molecular flexibility index (Phi) is 11.0. The molecule has 0 saturated heterocycles. The lowest BCUT2D eigenvalue weighted by atomic mass is 9.77. The van der Waals surface area contributed by atoms with E-state index >= 15 is 0 Å². The van der Waals surface area contributed by atoms with Crippen LogP contribution in [0.1, 0.15) is 33.5 Å². The molecule has 0 radical (unpaired) electrons. The molecule has 0 fully saturated rings. The molecule has 3 heterocycles. The predicted octanol–water partition coefficient (Wildman–Crippen LogP) is 8.52. The molecular weight excluding hydrogens is 795 g/mol. The molecule has 0 aliphatic carbocycles. The van der Waals surface area contributed by atoms with Crippen LogP contribution in [0.4, 0.5) is 5.69 Å². The number of aromatic nitrogens is 5. The van der Waals surface area contributed by atoms with Crippen LogP contribution in [0.15, 0.2) is 155 Å². The highest BCUT2D eigenvalue weighted by Gasteiger charge is 2.44. The maximum Gasteiger partial charge on any atom is 0.278 e. The molecule has 0 aliphatic heterocycles. The average Bonchev–Trinajstić information content (AvgIpc) is 3.95. The van der Waals surface area contributed by atoms with E-state index in [1.54, 1.807) is 58.5 Å². The lowest BCUT2D eigenvalue weighted by molar-refractivity contribution is -0.386. The van der Waals surface area contributed by atoms with E-state index in [9.17, 15) is 18.5 Å². The van der Waals surface area contributed by atoms with E-state index in [0.29, 0.717) is 67.5 Å². The monoisotopic (exact) mass is 833 g/mol. The third-order valence-electron chi connectivity index (χ3n) is 10.6. The number of methoxy groups -OCH3 is 2. The van der Waals surface area contributed by atoms with Crippen LogP contribution >= 0.6 is 0 Å². The molecule has 3 aromatic heterocycles. The summed E-state index contributed by atoms with van der Waals surface area (Å²) >= 11 is 0. The fraction of sp³-hybridized carbons (Fsp3) is 0.130. The predicted molar refractivity (Wildman–Crippen MR) is 228 cm³/mol. The smallest absolute Gasteiger partial charge is 0.278 e. The molecule has 14 nitrogen and oxygen atoms in total. The molecule has 0 spiro atoms. The van der Waals surface area contributed by atoms with Gasteiger partial charge in [-0.15, -0.1) is 5.10 Å². The molecule has 1 N–H and O–H groups in total. The van der Waals surface area contributed by atoms with Crippen molar-refractivity contribution in [3.63, 3.8) is 0 Å². The van der Waals surface area contributed by atoms with Gasteiger partial charge in [0.05, 0.1) is 53.6 Å². The Bertz CT molecular complexity index is 2920. The Morgan fingerprint density at radius 3 is 1.98 bits per heavy atom. The van der Waals surface area contributed by atoms with E-state index in [1.807, 2.05) is 97.1 Å². The van der Waals surface area contributed by atoms with Crippen molar-refractivity contribution in [3.8, 4) is 45.3 Å². The molecule has 0 bridgehead atoms. The first-order valence-electron chi connectivity index (χ1n) is 19.1. The fourth-order valence-corrected chi connectivity index (χ4v) is 9.00. The van der Waals surface area contributed by atoms with Crippen LogP contribution < -0.4 is 14.2 Å². The summed E-state index contributed by atoms with van der Waals surface area (Å²) in [5.41, 5.74) is 4.31. The minimum Gasteiger partial charge on any atom is -0.496 e. The Morgan fingerprint density at radius 2 is 1.38 bits per heavy atom. The third kappa shape index (κ3) is 7.52. The second-order valence-corrected chi connectivity index (χ2v) is 15.9. The number of hydrogen-bond donors (Lipinski definition) is 1. The Morgan fingerprint density at radius 1 is 0.787 bits per heavy atom. The summed E-state index contributed by atoms with van der Waals surface area (Å²) in [5.74, 6) is 1.22. The number of sulfonamides is 1. The lowest BCUT2D eigenvalue weighted by Gasteiger charge is -2.38. The number of para-hydroxylation sites is 2. The van der Waals surface area contributed by atoms with E-state index < -0.39 is 20.5 Å². The molecule has 0 unspecified atom stereocenters. The molecular formula is C46H39N7O7S. The van der Waals surface area contributed by atoms with Crippen molar-refractivity contribution in [1.29, 1.82) is 0 Å². The van der Waals surface area contributed by atoms with Crippen LogP contribution in [0.5, 0.6) is 11.5 Å².